The molecule has 1 aromatic carbocycles. The third kappa shape index (κ3) is 4.51. The van der Waals surface area contributed by atoms with E-state index in [1.54, 1.807) is 0 Å². The van der Waals surface area contributed by atoms with Crippen LogP contribution in [-0.4, -0.2) is 23.8 Å². The molecule has 2 nitrogen and oxygen atoms in total. The van der Waals surface area contributed by atoms with Crippen LogP contribution in [0.25, 0.3) is 0 Å². The first kappa shape index (κ1) is 16.5. The molecule has 0 radical (unpaired) electrons. The van der Waals surface area contributed by atoms with Gasteiger partial charge in [-0.3, -0.25) is 4.79 Å². The zero-order valence-corrected chi connectivity index (χ0v) is 11.3. The number of hydrogen-bond acceptors (Lipinski definition) is 1. The van der Waals surface area contributed by atoms with Gasteiger partial charge in [-0.05, 0) is 32.3 Å². The maximum absolute atomic E-state index is 12.9. The van der Waals surface area contributed by atoms with E-state index in [0.717, 1.165) is 5.56 Å². The molecule has 0 unspecified atom stereocenters. The average Bonchev–Trinajstić information content (AvgIpc) is 2.37. The monoisotopic (exact) mass is 291 g/mol. The molecular formula is C14H17F4NO. The maximum Gasteiger partial charge on any atom is 0.383 e. The van der Waals surface area contributed by atoms with E-state index >= 15 is 0 Å². The lowest BCUT2D eigenvalue weighted by molar-refractivity contribution is -0.171. The molecule has 0 aromatic heterocycles. The van der Waals surface area contributed by atoms with Gasteiger partial charge in [-0.1, -0.05) is 30.3 Å². The van der Waals surface area contributed by atoms with Gasteiger partial charge in [-0.2, -0.15) is 8.78 Å². The number of benzene rings is 1. The molecule has 20 heavy (non-hydrogen) atoms. The lowest BCUT2D eigenvalue weighted by atomic mass is 9.95. The quantitative estimate of drug-likeness (QED) is 0.800. The summed E-state index contributed by atoms with van der Waals surface area (Å²) in [6.07, 6.45) is -3.09. The Labute approximate surface area is 115 Å². The van der Waals surface area contributed by atoms with Crippen LogP contribution in [0.5, 0.6) is 0 Å². The molecular weight excluding hydrogens is 274 g/mol. The van der Waals surface area contributed by atoms with Crippen LogP contribution in [-0.2, 0) is 11.2 Å². The second-order valence-electron chi connectivity index (χ2n) is 5.25. The molecule has 0 spiro atoms. The fourth-order valence-corrected chi connectivity index (χ4v) is 1.65. The molecule has 1 amide bonds. The van der Waals surface area contributed by atoms with E-state index in [1.807, 2.05) is 35.6 Å². The number of hydrogen-bond donors (Lipinski definition) is 1. The van der Waals surface area contributed by atoms with E-state index in [0.29, 0.717) is 12.8 Å². The van der Waals surface area contributed by atoms with Crippen LogP contribution in [0.4, 0.5) is 17.6 Å². The van der Waals surface area contributed by atoms with Crippen molar-refractivity contribution in [2.75, 3.05) is 0 Å². The fourth-order valence-electron chi connectivity index (χ4n) is 1.65. The van der Waals surface area contributed by atoms with E-state index in [-0.39, 0.29) is 0 Å². The molecule has 0 aliphatic heterocycles. The van der Waals surface area contributed by atoms with Crippen LogP contribution >= 0.6 is 0 Å². The summed E-state index contributed by atoms with van der Waals surface area (Å²) in [5.74, 6) is -6.60. The van der Waals surface area contributed by atoms with Gasteiger partial charge in [0.2, 0.25) is 0 Å². The number of carbonyl (C=O) groups is 1. The molecule has 0 heterocycles. The molecule has 1 rings (SSSR count). The summed E-state index contributed by atoms with van der Waals surface area (Å²) in [6, 6.07) is 9.26. The van der Waals surface area contributed by atoms with Crippen molar-refractivity contribution in [3.63, 3.8) is 0 Å². The number of nitrogens with one attached hydrogen (secondary N) is 1. The standard InChI is InChI=1S/C14H17F4NO/c1-13(2,9-8-10-6-4-3-5-7-10)19-12(20)14(17,18)11(15)16/h3-7,11H,8-9H2,1-2H3,(H,19,20). The topological polar surface area (TPSA) is 29.1 Å². The minimum absolute atomic E-state index is 0.363. The van der Waals surface area contributed by atoms with Crippen molar-refractivity contribution in [3.8, 4) is 0 Å². The number of amides is 1. The molecule has 1 aromatic rings. The fraction of sp³-hybridized carbons (Fsp3) is 0.500. The summed E-state index contributed by atoms with van der Waals surface area (Å²) >= 11 is 0. The lowest BCUT2D eigenvalue weighted by Crippen LogP contribution is -2.53. The molecule has 0 saturated heterocycles. The molecule has 112 valence electrons. The van der Waals surface area contributed by atoms with Gasteiger partial charge < -0.3 is 5.32 Å². The third-order valence-corrected chi connectivity index (χ3v) is 2.91. The van der Waals surface area contributed by atoms with Crippen LogP contribution in [0.3, 0.4) is 0 Å². The molecule has 1 N–H and O–H groups in total. The Morgan fingerprint density at radius 1 is 1.20 bits per heavy atom. The summed E-state index contributed by atoms with van der Waals surface area (Å²) in [7, 11) is 0. The van der Waals surface area contributed by atoms with E-state index in [2.05, 4.69) is 0 Å². The van der Waals surface area contributed by atoms with Crippen LogP contribution in [0, 0.1) is 0 Å². The SMILES string of the molecule is CC(C)(CCc1ccccc1)NC(=O)C(F)(F)C(F)F. The van der Waals surface area contributed by atoms with E-state index in [4.69, 9.17) is 0 Å². The van der Waals surface area contributed by atoms with Crippen molar-refractivity contribution in [3.05, 3.63) is 35.9 Å². The number of alkyl halides is 4. The molecule has 6 heteroatoms. The zero-order valence-electron chi connectivity index (χ0n) is 11.3. The minimum Gasteiger partial charge on any atom is -0.346 e. The highest BCUT2D eigenvalue weighted by atomic mass is 19.3. The maximum atomic E-state index is 12.9. The van der Waals surface area contributed by atoms with Crippen LogP contribution < -0.4 is 5.32 Å². The van der Waals surface area contributed by atoms with Crippen molar-refractivity contribution in [2.45, 2.75) is 44.6 Å². The Bertz CT molecular complexity index is 446. The van der Waals surface area contributed by atoms with Gasteiger partial charge in [-0.15, -0.1) is 0 Å². The summed E-state index contributed by atoms with van der Waals surface area (Å²) in [5.41, 5.74) is -0.0129. The Hall–Kier alpha value is -1.59. The number of carbonyl (C=O) groups excluding carboxylic acids is 1. The summed E-state index contributed by atoms with van der Waals surface area (Å²) in [4.78, 5) is 11.2. The third-order valence-electron chi connectivity index (χ3n) is 2.91. The van der Waals surface area contributed by atoms with Gasteiger partial charge in [0, 0.05) is 5.54 Å². The zero-order chi connectivity index (χ0) is 15.4. The normalized spacial score (nSPS) is 12.6. The molecule has 0 bridgehead atoms. The van der Waals surface area contributed by atoms with Crippen molar-refractivity contribution < 1.29 is 22.4 Å². The van der Waals surface area contributed by atoms with Crippen LogP contribution in [0.2, 0.25) is 0 Å². The molecule has 0 atom stereocenters. The summed E-state index contributed by atoms with van der Waals surface area (Å²) in [5, 5.41) is 1.98. The van der Waals surface area contributed by atoms with Gasteiger partial charge >= 0.3 is 12.3 Å². The number of halogens is 4. The van der Waals surface area contributed by atoms with Crippen molar-refractivity contribution in [2.24, 2.45) is 0 Å². The Kier molecular flexibility index (Phi) is 5.14. The van der Waals surface area contributed by atoms with E-state index < -0.39 is 23.8 Å². The molecule has 0 aliphatic carbocycles. The lowest BCUT2D eigenvalue weighted by Gasteiger charge is -2.28. The number of rotatable bonds is 6. The van der Waals surface area contributed by atoms with Gasteiger partial charge in [0.15, 0.2) is 0 Å². The molecule has 0 fully saturated rings. The predicted octanol–water partition coefficient (Wildman–Crippen LogP) is 3.41. The van der Waals surface area contributed by atoms with E-state index in [1.165, 1.54) is 13.8 Å². The molecule has 0 saturated carbocycles. The van der Waals surface area contributed by atoms with E-state index in [9.17, 15) is 22.4 Å². The second-order valence-corrected chi connectivity index (χ2v) is 5.25. The van der Waals surface area contributed by atoms with Crippen molar-refractivity contribution >= 4 is 5.91 Å². The second kappa shape index (κ2) is 6.24. The Morgan fingerprint density at radius 2 is 1.75 bits per heavy atom. The van der Waals surface area contributed by atoms with Gasteiger partial charge in [0.05, 0.1) is 0 Å². The highest BCUT2D eigenvalue weighted by Crippen LogP contribution is 2.24. The van der Waals surface area contributed by atoms with Gasteiger partial charge in [0.25, 0.3) is 5.91 Å². The first-order valence-corrected chi connectivity index (χ1v) is 6.17. The highest BCUT2D eigenvalue weighted by Gasteiger charge is 2.50. The summed E-state index contributed by atoms with van der Waals surface area (Å²) < 4.78 is 49.9. The average molecular weight is 291 g/mol. The van der Waals surface area contributed by atoms with Gasteiger partial charge in [0.1, 0.15) is 0 Å². The first-order valence-electron chi connectivity index (χ1n) is 6.17. The van der Waals surface area contributed by atoms with Crippen molar-refractivity contribution in [1.29, 1.82) is 0 Å². The van der Waals surface area contributed by atoms with Crippen LogP contribution in [0.15, 0.2) is 30.3 Å². The largest absolute Gasteiger partial charge is 0.383 e. The smallest absolute Gasteiger partial charge is 0.346 e. The highest BCUT2D eigenvalue weighted by molar-refractivity contribution is 5.84. The minimum atomic E-state index is -4.66. The molecule has 0 aliphatic rings. The Morgan fingerprint density at radius 3 is 2.25 bits per heavy atom. The predicted molar refractivity (Wildman–Crippen MR) is 67.9 cm³/mol. The Balaban J connectivity index is 2.59. The summed E-state index contributed by atoms with van der Waals surface area (Å²) in [6.45, 7) is 3.05. The first-order chi connectivity index (χ1) is 9.15. The van der Waals surface area contributed by atoms with Crippen molar-refractivity contribution in [1.82, 2.24) is 5.32 Å². The van der Waals surface area contributed by atoms with Crippen LogP contribution in [0.1, 0.15) is 25.8 Å². The number of aryl methyl sites for hydroxylation is 1. The van der Waals surface area contributed by atoms with Gasteiger partial charge in [-0.25, -0.2) is 8.78 Å².